The lowest BCUT2D eigenvalue weighted by molar-refractivity contribution is 0.133. The molecule has 7 heteroatoms. The van der Waals surface area contributed by atoms with E-state index < -0.39 is 0 Å². The Bertz CT molecular complexity index is 1040. The Morgan fingerprint density at radius 1 is 1.21 bits per heavy atom. The Kier molecular flexibility index (Phi) is 5.65. The zero-order valence-electron chi connectivity index (χ0n) is 17.5. The first-order valence-electron chi connectivity index (χ1n) is 10.2. The second-order valence-corrected chi connectivity index (χ2v) is 7.79. The first-order valence-corrected chi connectivity index (χ1v) is 10.5. The van der Waals surface area contributed by atoms with Crippen LogP contribution in [0.3, 0.4) is 0 Å². The van der Waals surface area contributed by atoms with Crippen LogP contribution in [0.15, 0.2) is 18.2 Å². The molecule has 0 aliphatic carbocycles. The van der Waals surface area contributed by atoms with E-state index in [1.54, 1.807) is 7.11 Å². The first kappa shape index (κ1) is 20.0. The van der Waals surface area contributed by atoms with Gasteiger partial charge in [0.25, 0.3) is 0 Å². The molecule has 4 rings (SSSR count). The summed E-state index contributed by atoms with van der Waals surface area (Å²) in [5.74, 6) is 1.83. The Hall–Kier alpha value is -2.31. The van der Waals surface area contributed by atoms with Gasteiger partial charge < -0.3 is 14.4 Å². The highest BCUT2D eigenvalue weighted by Gasteiger charge is 2.27. The van der Waals surface area contributed by atoms with Crippen molar-refractivity contribution < 1.29 is 9.47 Å². The number of fused-ring (bicyclic) bond motifs is 2. The first-order chi connectivity index (χ1) is 14.1. The normalized spacial score (nSPS) is 13.1. The van der Waals surface area contributed by atoms with Crippen LogP contribution in [0.1, 0.15) is 43.6 Å². The van der Waals surface area contributed by atoms with Gasteiger partial charge in [-0.25, -0.2) is 4.98 Å². The molecule has 1 aromatic carbocycles. The van der Waals surface area contributed by atoms with Crippen molar-refractivity contribution in [3.05, 3.63) is 40.2 Å². The fourth-order valence-electron chi connectivity index (χ4n) is 4.06. The summed E-state index contributed by atoms with van der Waals surface area (Å²) in [6, 6.07) is 5.73. The molecule has 3 heterocycles. The van der Waals surface area contributed by atoms with Crippen LogP contribution in [-0.2, 0) is 18.0 Å². The van der Waals surface area contributed by atoms with Crippen LogP contribution in [-0.4, -0.2) is 34.8 Å². The van der Waals surface area contributed by atoms with Gasteiger partial charge in [-0.2, -0.15) is 9.61 Å². The molecule has 29 heavy (non-hydrogen) atoms. The average molecular weight is 415 g/mol. The number of halogens is 1. The molecule has 0 atom stereocenters. The van der Waals surface area contributed by atoms with Gasteiger partial charge >= 0.3 is 0 Å². The summed E-state index contributed by atoms with van der Waals surface area (Å²) in [6.45, 7) is 9.47. The van der Waals surface area contributed by atoms with E-state index in [9.17, 15) is 0 Å². The van der Waals surface area contributed by atoms with Crippen LogP contribution in [0.5, 0.6) is 5.75 Å². The van der Waals surface area contributed by atoms with Gasteiger partial charge in [-0.15, -0.1) is 0 Å². The number of benzene rings is 1. The minimum absolute atomic E-state index is 0.533. The molecule has 2 aromatic heterocycles. The second kappa shape index (κ2) is 8.20. The van der Waals surface area contributed by atoms with Crippen molar-refractivity contribution in [3.63, 3.8) is 0 Å². The Labute approximate surface area is 176 Å². The number of aryl methyl sites for hydroxylation is 1. The number of aromatic nitrogens is 3. The Morgan fingerprint density at radius 3 is 2.62 bits per heavy atom. The molecule has 0 fully saturated rings. The largest absolute Gasteiger partial charge is 0.497 e. The fraction of sp³-hybridized carbons (Fsp3) is 0.455. The molecule has 3 aromatic rings. The van der Waals surface area contributed by atoms with E-state index in [0.717, 1.165) is 71.2 Å². The lowest BCUT2D eigenvalue weighted by Crippen LogP contribution is -2.29. The summed E-state index contributed by atoms with van der Waals surface area (Å²) in [4.78, 5) is 7.37. The summed E-state index contributed by atoms with van der Waals surface area (Å²) in [5, 5.41) is 5.53. The van der Waals surface area contributed by atoms with E-state index in [0.29, 0.717) is 18.2 Å². The smallest absolute Gasteiger partial charge is 0.165 e. The Balaban J connectivity index is 1.98. The van der Waals surface area contributed by atoms with Gasteiger partial charge in [-0.05, 0) is 38.0 Å². The number of methoxy groups -OCH3 is 1. The van der Waals surface area contributed by atoms with Gasteiger partial charge in [0.05, 0.1) is 42.3 Å². The molecular formula is C22H27ClN4O2. The van der Waals surface area contributed by atoms with Gasteiger partial charge in [0, 0.05) is 24.2 Å². The van der Waals surface area contributed by atoms with Crippen molar-refractivity contribution in [3.8, 4) is 16.9 Å². The van der Waals surface area contributed by atoms with E-state index in [1.165, 1.54) is 0 Å². The highest BCUT2D eigenvalue weighted by atomic mass is 35.5. The number of hydrogen-bond acceptors (Lipinski definition) is 5. The molecule has 1 aliphatic heterocycles. The molecule has 0 saturated heterocycles. The molecule has 0 unspecified atom stereocenters. The molecule has 0 N–H and O–H groups in total. The van der Waals surface area contributed by atoms with Gasteiger partial charge in [0.2, 0.25) is 0 Å². The van der Waals surface area contributed by atoms with Crippen LogP contribution >= 0.6 is 11.6 Å². The molecule has 0 amide bonds. The second-order valence-electron chi connectivity index (χ2n) is 7.38. The van der Waals surface area contributed by atoms with Crippen molar-refractivity contribution >= 4 is 23.1 Å². The summed E-state index contributed by atoms with van der Waals surface area (Å²) in [5.41, 5.74) is 5.75. The molecule has 0 bridgehead atoms. The van der Waals surface area contributed by atoms with Crippen LogP contribution in [0, 0.1) is 6.92 Å². The maximum atomic E-state index is 6.61. The van der Waals surface area contributed by atoms with Crippen molar-refractivity contribution in [2.75, 3.05) is 25.1 Å². The monoisotopic (exact) mass is 414 g/mol. The van der Waals surface area contributed by atoms with Crippen LogP contribution in [0.25, 0.3) is 16.8 Å². The Morgan fingerprint density at radius 2 is 1.97 bits per heavy atom. The van der Waals surface area contributed by atoms with E-state index in [4.69, 9.17) is 31.2 Å². The summed E-state index contributed by atoms with van der Waals surface area (Å²) in [7, 11) is 1.64. The topological polar surface area (TPSA) is 51.9 Å². The van der Waals surface area contributed by atoms with E-state index in [2.05, 4.69) is 18.7 Å². The van der Waals surface area contributed by atoms with Crippen molar-refractivity contribution in [1.29, 1.82) is 0 Å². The van der Waals surface area contributed by atoms with Crippen LogP contribution in [0.4, 0.5) is 5.82 Å². The zero-order valence-corrected chi connectivity index (χ0v) is 18.2. The molecule has 1 aliphatic rings. The van der Waals surface area contributed by atoms with Crippen molar-refractivity contribution in [1.82, 2.24) is 14.6 Å². The number of rotatable bonds is 7. The third-order valence-corrected chi connectivity index (χ3v) is 5.63. The van der Waals surface area contributed by atoms with E-state index >= 15 is 0 Å². The molecule has 0 spiro atoms. The maximum Gasteiger partial charge on any atom is 0.165 e. The van der Waals surface area contributed by atoms with Gasteiger partial charge in [-0.3, -0.25) is 0 Å². The number of anilines is 1. The number of nitrogens with zero attached hydrogens (tertiary/aromatic N) is 4. The van der Waals surface area contributed by atoms with Gasteiger partial charge in [0.1, 0.15) is 11.6 Å². The molecule has 6 nitrogen and oxygen atoms in total. The lowest BCUT2D eigenvalue weighted by Gasteiger charge is -2.26. The molecular weight excluding hydrogens is 388 g/mol. The van der Waals surface area contributed by atoms with Crippen LogP contribution < -0.4 is 9.64 Å². The lowest BCUT2D eigenvalue weighted by atomic mass is 10.1. The summed E-state index contributed by atoms with van der Waals surface area (Å²) >= 11 is 6.61. The van der Waals surface area contributed by atoms with Crippen LogP contribution in [0.2, 0.25) is 5.02 Å². The van der Waals surface area contributed by atoms with Gasteiger partial charge in [0.15, 0.2) is 5.65 Å². The van der Waals surface area contributed by atoms with Crippen molar-refractivity contribution in [2.45, 2.75) is 46.8 Å². The standard InChI is InChI=1S/C22H27ClN4O2/c1-5-9-26(10-6-2)22-17-12-29-13-19(17)24-21-20(14(3)25-27(21)22)16-8-7-15(28-4)11-18(16)23/h7-8,11H,5-6,9-10,12-13H2,1-4H3. The summed E-state index contributed by atoms with van der Waals surface area (Å²) < 4.78 is 13.1. The molecule has 0 saturated carbocycles. The SMILES string of the molecule is CCCN(CCC)c1c2c(nc3c(-c4ccc(OC)cc4Cl)c(C)nn13)COC2. The molecule has 0 radical (unpaired) electrons. The van der Waals surface area contributed by atoms with Crippen molar-refractivity contribution in [2.24, 2.45) is 0 Å². The predicted molar refractivity (Wildman–Crippen MR) is 116 cm³/mol. The van der Waals surface area contributed by atoms with Gasteiger partial charge in [-0.1, -0.05) is 25.4 Å². The predicted octanol–water partition coefficient (Wildman–Crippen LogP) is 5.02. The minimum Gasteiger partial charge on any atom is -0.497 e. The average Bonchev–Trinajstić information content (AvgIpc) is 3.29. The molecule has 154 valence electrons. The fourth-order valence-corrected chi connectivity index (χ4v) is 4.33. The third-order valence-electron chi connectivity index (χ3n) is 5.31. The number of ether oxygens (including phenoxy) is 2. The summed E-state index contributed by atoms with van der Waals surface area (Å²) in [6.07, 6.45) is 2.13. The number of hydrogen-bond donors (Lipinski definition) is 0. The maximum absolute atomic E-state index is 6.61. The minimum atomic E-state index is 0.533. The van der Waals surface area contributed by atoms with E-state index in [1.807, 2.05) is 29.6 Å². The highest BCUT2D eigenvalue weighted by Crippen LogP contribution is 2.38. The third kappa shape index (κ3) is 3.45. The van der Waals surface area contributed by atoms with E-state index in [-0.39, 0.29) is 0 Å². The quantitative estimate of drug-likeness (QED) is 0.543. The zero-order chi connectivity index (χ0) is 20.5. The highest BCUT2D eigenvalue weighted by molar-refractivity contribution is 6.33.